The fraction of sp³-hybridized carbons (Fsp3) is 0.158. The molecule has 1 aliphatic rings. The van der Waals surface area contributed by atoms with Gasteiger partial charge in [-0.05, 0) is 29.2 Å². The maximum Gasteiger partial charge on any atom is 0.488 e. The number of amides is 1. The Bertz CT molecular complexity index is 1170. The number of thiazole rings is 1. The Kier molecular flexibility index (Phi) is 6.23. The number of nitrogens with one attached hydrogen (secondary N) is 1. The predicted octanol–water partition coefficient (Wildman–Crippen LogP) is 1.67. The van der Waals surface area contributed by atoms with E-state index in [0.717, 1.165) is 10.2 Å². The summed E-state index contributed by atoms with van der Waals surface area (Å²) in [4.78, 5) is 31.9. The van der Waals surface area contributed by atoms with Gasteiger partial charge in [0.15, 0.2) is 6.04 Å². The summed E-state index contributed by atoms with van der Waals surface area (Å²) >= 11 is 2.74. The lowest BCUT2D eigenvalue weighted by Gasteiger charge is -2.08. The molecule has 3 aromatic rings. The Labute approximate surface area is 184 Å². The summed E-state index contributed by atoms with van der Waals surface area (Å²) in [7, 11) is -1.54. The van der Waals surface area contributed by atoms with Gasteiger partial charge in [-0.1, -0.05) is 24.3 Å². The first-order chi connectivity index (χ1) is 14.9. The van der Waals surface area contributed by atoms with Gasteiger partial charge in [0.25, 0.3) is 0 Å². The molecular formula is C19H16BN3O6S2. The highest BCUT2D eigenvalue weighted by Gasteiger charge is 2.26. The minimum atomic E-state index is -1.54. The van der Waals surface area contributed by atoms with Gasteiger partial charge in [0.2, 0.25) is 0 Å². The van der Waals surface area contributed by atoms with Crippen LogP contribution < -0.4 is 10.8 Å². The van der Waals surface area contributed by atoms with Gasteiger partial charge >= 0.3 is 19.2 Å². The molecule has 0 radical (unpaired) electrons. The lowest BCUT2D eigenvalue weighted by molar-refractivity contribution is -0.137. The van der Waals surface area contributed by atoms with Crippen molar-refractivity contribution in [3.8, 4) is 0 Å². The van der Waals surface area contributed by atoms with Gasteiger partial charge in [0.05, 0.1) is 10.2 Å². The van der Waals surface area contributed by atoms with Crippen molar-refractivity contribution >= 4 is 68.7 Å². The third-order valence-corrected chi connectivity index (χ3v) is 6.61. The van der Waals surface area contributed by atoms with E-state index in [1.165, 1.54) is 23.1 Å². The number of aromatic nitrogens is 1. The highest BCUT2D eigenvalue weighted by atomic mass is 32.2. The maximum absolute atomic E-state index is 12.1. The van der Waals surface area contributed by atoms with E-state index in [1.54, 1.807) is 42.5 Å². The highest BCUT2D eigenvalue weighted by molar-refractivity contribution is 8.15. The number of nitrogens with zero attached hydrogens (tertiary/aromatic N) is 2. The van der Waals surface area contributed by atoms with Crippen LogP contribution in [-0.4, -0.2) is 56.2 Å². The van der Waals surface area contributed by atoms with Crippen LogP contribution in [0.1, 0.15) is 10.6 Å². The van der Waals surface area contributed by atoms with Gasteiger partial charge < -0.3 is 19.9 Å². The van der Waals surface area contributed by atoms with Crippen LogP contribution in [0.25, 0.3) is 10.2 Å². The number of hydrogen-bond acceptors (Lipinski definition) is 9. The SMILES string of the molecule is O=C(Nc1ccc2nc(C3=N[C@@H](C(=O)O)CS3)sc2c1)OCc1ccc(B(O)O)cc1. The maximum atomic E-state index is 12.1. The molecule has 1 amide bonds. The van der Waals surface area contributed by atoms with Gasteiger partial charge in [-0.3, -0.25) is 10.3 Å². The molecule has 0 saturated heterocycles. The molecule has 1 atom stereocenters. The number of thioether (sulfide) groups is 1. The lowest BCUT2D eigenvalue weighted by atomic mass is 9.80. The summed E-state index contributed by atoms with van der Waals surface area (Å²) in [6.07, 6.45) is -0.629. The van der Waals surface area contributed by atoms with Gasteiger partial charge in [-0.15, -0.1) is 23.1 Å². The first-order valence-electron chi connectivity index (χ1n) is 9.12. The molecule has 1 aliphatic heterocycles. The molecule has 2 heterocycles. The summed E-state index contributed by atoms with van der Waals surface area (Å²) in [6.45, 7) is 0.0301. The van der Waals surface area contributed by atoms with Crippen molar-refractivity contribution in [3.05, 3.63) is 53.0 Å². The quantitative estimate of drug-likeness (QED) is 0.410. The number of carbonyl (C=O) groups is 2. The number of benzene rings is 2. The number of rotatable bonds is 6. The van der Waals surface area contributed by atoms with Crippen LogP contribution in [0, 0.1) is 0 Å². The van der Waals surface area contributed by atoms with Crippen LogP contribution >= 0.6 is 23.1 Å². The molecule has 1 aromatic heterocycles. The number of aliphatic carboxylic acids is 1. The fourth-order valence-electron chi connectivity index (χ4n) is 2.80. The van der Waals surface area contributed by atoms with Crippen molar-refractivity contribution in [2.45, 2.75) is 12.6 Å². The van der Waals surface area contributed by atoms with Crippen molar-refractivity contribution in [1.29, 1.82) is 0 Å². The van der Waals surface area contributed by atoms with Gasteiger partial charge in [-0.25, -0.2) is 14.6 Å². The van der Waals surface area contributed by atoms with E-state index in [1.807, 2.05) is 0 Å². The summed E-state index contributed by atoms with van der Waals surface area (Å²) in [6, 6.07) is 10.9. The number of ether oxygens (including phenoxy) is 1. The Morgan fingerprint density at radius 3 is 2.65 bits per heavy atom. The Morgan fingerprint density at radius 2 is 1.97 bits per heavy atom. The van der Waals surface area contributed by atoms with E-state index in [9.17, 15) is 9.59 Å². The van der Waals surface area contributed by atoms with Crippen molar-refractivity contribution < 1.29 is 29.5 Å². The second-order valence-electron chi connectivity index (χ2n) is 6.62. The van der Waals surface area contributed by atoms with Crippen molar-refractivity contribution in [2.24, 2.45) is 4.99 Å². The highest BCUT2D eigenvalue weighted by Crippen LogP contribution is 2.31. The van der Waals surface area contributed by atoms with Gasteiger partial charge in [0, 0.05) is 11.4 Å². The van der Waals surface area contributed by atoms with E-state index < -0.39 is 25.2 Å². The Balaban J connectivity index is 1.39. The fourth-order valence-corrected chi connectivity index (χ4v) is 4.90. The van der Waals surface area contributed by atoms with Crippen LogP contribution in [0.5, 0.6) is 0 Å². The molecule has 31 heavy (non-hydrogen) atoms. The molecule has 0 unspecified atom stereocenters. The molecule has 0 saturated carbocycles. The Morgan fingerprint density at radius 1 is 1.19 bits per heavy atom. The second-order valence-corrected chi connectivity index (χ2v) is 8.66. The van der Waals surface area contributed by atoms with Crippen LogP contribution in [-0.2, 0) is 16.1 Å². The monoisotopic (exact) mass is 457 g/mol. The molecular weight excluding hydrogens is 441 g/mol. The largest absolute Gasteiger partial charge is 0.488 e. The molecule has 2 aromatic carbocycles. The molecule has 4 N–H and O–H groups in total. The van der Waals surface area contributed by atoms with Crippen molar-refractivity contribution in [3.63, 3.8) is 0 Å². The number of carbonyl (C=O) groups excluding carboxylic acids is 1. The van der Waals surface area contributed by atoms with Crippen LogP contribution in [0.4, 0.5) is 10.5 Å². The first-order valence-corrected chi connectivity index (χ1v) is 10.9. The van der Waals surface area contributed by atoms with Crippen LogP contribution in [0.15, 0.2) is 47.5 Å². The number of anilines is 1. The molecule has 9 nitrogen and oxygen atoms in total. The van der Waals surface area contributed by atoms with Gasteiger partial charge in [-0.2, -0.15) is 0 Å². The lowest BCUT2D eigenvalue weighted by Crippen LogP contribution is -2.29. The van der Waals surface area contributed by atoms with E-state index in [4.69, 9.17) is 19.9 Å². The molecule has 0 spiro atoms. The van der Waals surface area contributed by atoms with E-state index in [-0.39, 0.29) is 6.61 Å². The summed E-state index contributed by atoms with van der Waals surface area (Å²) in [5.41, 5.74) is 2.32. The van der Waals surface area contributed by atoms with Gasteiger partial charge in [0.1, 0.15) is 16.7 Å². The zero-order valence-corrected chi connectivity index (χ0v) is 17.5. The standard InChI is InChI=1S/C19H16BN3O6S2/c24-18(25)14-9-30-16(23-14)17-22-13-6-5-12(7-15(13)31-17)21-19(26)29-8-10-1-3-11(4-2-10)20(27)28/h1-7,14,27-28H,8-9H2,(H,21,26)(H,24,25)/t14-/m1/s1. The minimum Gasteiger partial charge on any atom is -0.480 e. The molecule has 0 bridgehead atoms. The minimum absolute atomic E-state index is 0.0301. The summed E-state index contributed by atoms with van der Waals surface area (Å²) < 4.78 is 6.03. The van der Waals surface area contributed by atoms with Crippen molar-refractivity contribution in [2.75, 3.05) is 11.1 Å². The van der Waals surface area contributed by atoms with Crippen molar-refractivity contribution in [1.82, 2.24) is 4.98 Å². The molecule has 4 rings (SSSR count). The van der Waals surface area contributed by atoms with E-state index in [2.05, 4.69) is 15.3 Å². The molecule has 158 valence electrons. The normalized spacial score (nSPS) is 15.5. The molecule has 12 heteroatoms. The predicted molar refractivity (Wildman–Crippen MR) is 120 cm³/mol. The first kappa shape index (κ1) is 21.3. The number of aliphatic imine (C=N–C) groups is 1. The number of carboxylic acid groups (broad SMARTS) is 1. The molecule has 0 aliphatic carbocycles. The smallest absolute Gasteiger partial charge is 0.480 e. The van der Waals surface area contributed by atoms with E-state index >= 15 is 0 Å². The van der Waals surface area contributed by atoms with Crippen LogP contribution in [0.2, 0.25) is 0 Å². The topological polar surface area (TPSA) is 141 Å². The zero-order valence-electron chi connectivity index (χ0n) is 15.9. The number of carboxylic acids is 1. The summed E-state index contributed by atoms with van der Waals surface area (Å²) in [5, 5.41) is 31.2. The molecule has 0 fully saturated rings. The van der Waals surface area contributed by atoms with E-state index in [0.29, 0.717) is 32.5 Å². The summed E-state index contributed by atoms with van der Waals surface area (Å²) in [5.74, 6) is -0.557. The van der Waals surface area contributed by atoms with Crippen LogP contribution in [0.3, 0.4) is 0 Å². The number of hydrogen-bond donors (Lipinski definition) is 4. The zero-order chi connectivity index (χ0) is 22.0. The second kappa shape index (κ2) is 9.06. The third-order valence-electron chi connectivity index (χ3n) is 4.40. The Hall–Kier alpha value is -2.93. The number of fused-ring (bicyclic) bond motifs is 1. The average molecular weight is 457 g/mol. The average Bonchev–Trinajstić information content (AvgIpc) is 3.39. The third kappa shape index (κ3) is 5.05.